The Balaban J connectivity index is 3.45. The van der Waals surface area contributed by atoms with E-state index in [1.54, 1.807) is 0 Å². The molecule has 64 valence electrons. The second-order valence-electron chi connectivity index (χ2n) is 2.68. The minimum atomic E-state index is 0.737. The van der Waals surface area contributed by atoms with Crippen molar-refractivity contribution in [3.8, 4) is 0 Å². The fourth-order valence-corrected chi connectivity index (χ4v) is 0.573. The van der Waals surface area contributed by atoms with E-state index in [-0.39, 0.29) is 0 Å². The van der Waals surface area contributed by atoms with Gasteiger partial charge < -0.3 is 4.90 Å². The van der Waals surface area contributed by atoms with Gasteiger partial charge in [0.05, 0.1) is 12.2 Å². The molecule has 0 saturated carbocycles. The first-order valence-electron chi connectivity index (χ1n) is 3.86. The molecule has 0 aliphatic carbocycles. The quantitative estimate of drug-likeness (QED) is 0.557. The van der Waals surface area contributed by atoms with Crippen LogP contribution in [0.3, 0.4) is 0 Å². The predicted octanol–water partition coefficient (Wildman–Crippen LogP) is 1.92. The molecule has 0 fully saturated rings. The van der Waals surface area contributed by atoms with Crippen molar-refractivity contribution in [1.29, 1.82) is 0 Å². The average molecular weight is 155 g/mol. The zero-order valence-electron chi connectivity index (χ0n) is 7.67. The van der Waals surface area contributed by atoms with Crippen LogP contribution in [0.2, 0.25) is 0 Å². The Morgan fingerprint density at radius 2 is 2.09 bits per heavy atom. The third-order valence-electron chi connectivity index (χ3n) is 1.20. The Labute approximate surface area is 68.8 Å². The normalized spacial score (nSPS) is 11.3. The number of hydrogen-bond acceptors (Lipinski definition) is 3. The van der Waals surface area contributed by atoms with Crippen LogP contribution < -0.4 is 0 Å². The first kappa shape index (κ1) is 10.3. The highest BCUT2D eigenvalue weighted by Crippen LogP contribution is 2.00. The molecule has 0 rings (SSSR count). The van der Waals surface area contributed by atoms with Gasteiger partial charge in [0.1, 0.15) is 0 Å². The molecule has 0 bridgehead atoms. The first-order valence-corrected chi connectivity index (χ1v) is 3.86. The maximum atomic E-state index is 3.92. The molecule has 0 aliphatic heterocycles. The summed E-state index contributed by atoms with van der Waals surface area (Å²) in [6, 6.07) is 0. The Kier molecular flexibility index (Phi) is 5.65. The predicted molar refractivity (Wildman–Crippen MR) is 47.7 cm³/mol. The average Bonchev–Trinajstić information content (AvgIpc) is 1.97. The topological polar surface area (TPSA) is 28.0 Å². The Morgan fingerprint density at radius 1 is 1.45 bits per heavy atom. The van der Waals surface area contributed by atoms with Crippen LogP contribution in [0.4, 0.5) is 0 Å². The lowest BCUT2D eigenvalue weighted by Crippen LogP contribution is -2.12. The van der Waals surface area contributed by atoms with E-state index in [1.165, 1.54) is 0 Å². The summed E-state index contributed by atoms with van der Waals surface area (Å²) in [7, 11) is 4.06. The van der Waals surface area contributed by atoms with Crippen LogP contribution in [0.1, 0.15) is 13.3 Å². The van der Waals surface area contributed by atoms with Crippen molar-refractivity contribution in [3.63, 3.8) is 0 Å². The van der Waals surface area contributed by atoms with Gasteiger partial charge in [-0.1, -0.05) is 6.58 Å². The second-order valence-corrected chi connectivity index (χ2v) is 2.68. The summed E-state index contributed by atoms with van der Waals surface area (Å²) in [5.41, 5.74) is 0.862. The van der Waals surface area contributed by atoms with E-state index in [0.29, 0.717) is 0 Å². The molecular weight excluding hydrogens is 138 g/mol. The largest absolute Gasteiger partial charge is 0.309 e. The summed E-state index contributed by atoms with van der Waals surface area (Å²) in [4.78, 5) is 2.10. The van der Waals surface area contributed by atoms with E-state index in [2.05, 4.69) is 21.7 Å². The lowest BCUT2D eigenvalue weighted by Gasteiger charge is -2.07. The van der Waals surface area contributed by atoms with E-state index >= 15 is 0 Å². The maximum Gasteiger partial charge on any atom is 0.0575 e. The van der Waals surface area contributed by atoms with Gasteiger partial charge in [-0.2, -0.15) is 10.2 Å². The molecule has 0 saturated heterocycles. The van der Waals surface area contributed by atoms with Crippen molar-refractivity contribution in [1.82, 2.24) is 4.90 Å². The number of azo groups is 1. The minimum Gasteiger partial charge on any atom is -0.309 e. The van der Waals surface area contributed by atoms with Crippen LogP contribution in [-0.4, -0.2) is 32.1 Å². The summed E-state index contributed by atoms with van der Waals surface area (Å²) in [5.74, 6) is 0. The van der Waals surface area contributed by atoms with Crippen molar-refractivity contribution in [3.05, 3.63) is 12.3 Å². The zero-order chi connectivity index (χ0) is 8.69. The molecule has 0 aromatic rings. The van der Waals surface area contributed by atoms with Gasteiger partial charge in [0.25, 0.3) is 0 Å². The molecule has 0 spiro atoms. The second kappa shape index (κ2) is 6.04. The van der Waals surface area contributed by atoms with Gasteiger partial charge in [0.2, 0.25) is 0 Å². The van der Waals surface area contributed by atoms with E-state index in [4.69, 9.17) is 0 Å². The van der Waals surface area contributed by atoms with Crippen LogP contribution in [0.5, 0.6) is 0 Å². The number of rotatable bonds is 5. The highest BCUT2D eigenvalue weighted by atomic mass is 15.1. The van der Waals surface area contributed by atoms with Crippen LogP contribution in [-0.2, 0) is 0 Å². The summed E-state index contributed by atoms with van der Waals surface area (Å²) < 4.78 is 0. The Morgan fingerprint density at radius 3 is 2.55 bits per heavy atom. The molecule has 0 N–H and O–H groups in total. The van der Waals surface area contributed by atoms with Crippen LogP contribution in [0, 0.1) is 0 Å². The van der Waals surface area contributed by atoms with Gasteiger partial charge in [-0.3, -0.25) is 0 Å². The highest BCUT2D eigenvalue weighted by Gasteiger charge is 1.92. The van der Waals surface area contributed by atoms with Gasteiger partial charge in [-0.15, -0.1) is 0 Å². The lowest BCUT2D eigenvalue weighted by atomic mass is 10.3. The van der Waals surface area contributed by atoms with Crippen molar-refractivity contribution in [2.45, 2.75) is 13.3 Å². The molecule has 3 nitrogen and oxygen atoms in total. The molecule has 0 aromatic carbocycles. The van der Waals surface area contributed by atoms with E-state index < -0.39 is 0 Å². The number of nitrogens with zero attached hydrogens (tertiary/aromatic N) is 3. The lowest BCUT2D eigenvalue weighted by molar-refractivity contribution is 0.412. The van der Waals surface area contributed by atoms with Crippen LogP contribution in [0.25, 0.3) is 0 Å². The van der Waals surface area contributed by atoms with Crippen molar-refractivity contribution in [2.75, 3.05) is 27.2 Å². The SMILES string of the molecule is C=C(CCN(C)C)N=NCC. The third kappa shape index (κ3) is 7.19. The number of hydrogen-bond donors (Lipinski definition) is 0. The molecule has 0 amide bonds. The summed E-state index contributed by atoms with van der Waals surface area (Å²) in [6.07, 6.45) is 0.899. The standard InChI is InChI=1S/C8H17N3/c1-5-9-10-8(2)6-7-11(3)4/h2,5-7H2,1,3-4H3. The molecule has 0 aliphatic rings. The van der Waals surface area contributed by atoms with Crippen molar-refractivity contribution < 1.29 is 0 Å². The molecule has 0 aromatic heterocycles. The zero-order valence-corrected chi connectivity index (χ0v) is 7.67. The smallest absolute Gasteiger partial charge is 0.0575 e. The van der Waals surface area contributed by atoms with Gasteiger partial charge in [0.15, 0.2) is 0 Å². The van der Waals surface area contributed by atoms with Gasteiger partial charge in [-0.25, -0.2) is 0 Å². The van der Waals surface area contributed by atoms with E-state index in [9.17, 15) is 0 Å². The first-order chi connectivity index (χ1) is 5.16. The Bertz CT molecular complexity index is 138. The van der Waals surface area contributed by atoms with Gasteiger partial charge in [-0.05, 0) is 21.0 Å². The maximum absolute atomic E-state index is 3.92. The van der Waals surface area contributed by atoms with Gasteiger partial charge in [0, 0.05) is 13.0 Å². The van der Waals surface area contributed by atoms with Crippen LogP contribution >= 0.6 is 0 Å². The minimum absolute atomic E-state index is 0.737. The molecule has 11 heavy (non-hydrogen) atoms. The van der Waals surface area contributed by atoms with Crippen molar-refractivity contribution >= 4 is 0 Å². The molecule has 3 heteroatoms. The van der Waals surface area contributed by atoms with Crippen LogP contribution in [0.15, 0.2) is 22.5 Å². The molecule has 0 radical (unpaired) electrons. The summed E-state index contributed by atoms with van der Waals surface area (Å²) in [6.45, 7) is 7.46. The molecule has 0 atom stereocenters. The highest BCUT2D eigenvalue weighted by molar-refractivity contribution is 4.89. The third-order valence-corrected chi connectivity index (χ3v) is 1.20. The molecular formula is C8H17N3. The molecule has 0 heterocycles. The summed E-state index contributed by atoms with van der Waals surface area (Å²) >= 11 is 0. The monoisotopic (exact) mass is 155 g/mol. The molecule has 0 unspecified atom stereocenters. The van der Waals surface area contributed by atoms with E-state index in [1.807, 2.05) is 21.0 Å². The van der Waals surface area contributed by atoms with E-state index in [0.717, 1.165) is 25.2 Å². The fourth-order valence-electron chi connectivity index (χ4n) is 0.573. The van der Waals surface area contributed by atoms with Crippen molar-refractivity contribution in [2.24, 2.45) is 10.2 Å². The Hall–Kier alpha value is -0.700. The van der Waals surface area contributed by atoms with Gasteiger partial charge >= 0.3 is 0 Å². The fraction of sp³-hybridized carbons (Fsp3) is 0.750. The summed E-state index contributed by atoms with van der Waals surface area (Å²) in [5, 5.41) is 7.78.